The van der Waals surface area contributed by atoms with Gasteiger partial charge in [0.2, 0.25) is 0 Å². The molecule has 0 bridgehead atoms. The molecule has 0 saturated heterocycles. The lowest BCUT2D eigenvalue weighted by Crippen LogP contribution is -2.13. The highest BCUT2D eigenvalue weighted by Crippen LogP contribution is 2.29. The number of rotatable bonds is 3. The maximum Gasteiger partial charge on any atom is 0.187 e. The molecule has 5 heteroatoms. The average Bonchev–Trinajstić information content (AvgIpc) is 2.44. The molecule has 2 rings (SSSR count). The lowest BCUT2D eigenvalue weighted by atomic mass is 9.91. The van der Waals surface area contributed by atoms with Gasteiger partial charge in [0.05, 0.1) is 11.6 Å². The molecule has 0 aromatic heterocycles. The van der Waals surface area contributed by atoms with E-state index >= 15 is 0 Å². The first-order valence-electron chi connectivity index (χ1n) is 5.68. The van der Waals surface area contributed by atoms with Crippen LogP contribution < -0.4 is 0 Å². The van der Waals surface area contributed by atoms with E-state index in [2.05, 4.69) is 15.9 Å². The van der Waals surface area contributed by atoms with Crippen molar-refractivity contribution in [2.45, 2.75) is 5.92 Å². The Morgan fingerprint density at radius 3 is 2.65 bits per heavy atom. The van der Waals surface area contributed by atoms with Crippen molar-refractivity contribution in [1.29, 1.82) is 5.26 Å². The van der Waals surface area contributed by atoms with Crippen LogP contribution in [0.4, 0.5) is 4.39 Å². The van der Waals surface area contributed by atoms with Crippen molar-refractivity contribution >= 4 is 33.3 Å². The molecule has 0 saturated carbocycles. The molecule has 2 aromatic rings. The van der Waals surface area contributed by atoms with Crippen LogP contribution in [0.25, 0.3) is 0 Å². The minimum Gasteiger partial charge on any atom is -0.292 e. The molecule has 0 N–H and O–H groups in total. The summed E-state index contributed by atoms with van der Waals surface area (Å²) in [6.07, 6.45) is 0. The highest BCUT2D eigenvalue weighted by molar-refractivity contribution is 9.10. The Morgan fingerprint density at radius 1 is 1.30 bits per heavy atom. The quantitative estimate of drug-likeness (QED) is 0.749. The number of carbonyl (C=O) groups excluding carboxylic acids is 1. The van der Waals surface area contributed by atoms with Crippen molar-refractivity contribution in [2.24, 2.45) is 0 Å². The van der Waals surface area contributed by atoms with Crippen LogP contribution in [-0.4, -0.2) is 5.78 Å². The molecule has 0 spiro atoms. The van der Waals surface area contributed by atoms with Gasteiger partial charge >= 0.3 is 0 Å². The predicted molar refractivity (Wildman–Crippen MR) is 78.2 cm³/mol. The standard InChI is InChI=1S/C15H8BrClFNO/c16-13-4-2-1-3-10(13)12(8-19)15(20)11-7-9(17)5-6-14(11)18/h1-7,12H. The normalized spacial score (nSPS) is 11.7. The number of ketones is 1. The number of nitrogens with zero attached hydrogens (tertiary/aromatic N) is 1. The summed E-state index contributed by atoms with van der Waals surface area (Å²) in [5.74, 6) is -2.38. The number of hydrogen-bond acceptors (Lipinski definition) is 2. The number of halogens is 3. The SMILES string of the molecule is N#CC(C(=O)c1cc(Cl)ccc1F)c1ccccc1Br. The van der Waals surface area contributed by atoms with Crippen LogP contribution in [0.2, 0.25) is 5.02 Å². The molecule has 2 nitrogen and oxygen atoms in total. The van der Waals surface area contributed by atoms with E-state index in [4.69, 9.17) is 11.6 Å². The zero-order valence-electron chi connectivity index (χ0n) is 10.1. The van der Waals surface area contributed by atoms with Crippen LogP contribution in [0.5, 0.6) is 0 Å². The van der Waals surface area contributed by atoms with Gasteiger partial charge in [0.1, 0.15) is 11.7 Å². The number of benzene rings is 2. The molecule has 0 fully saturated rings. The molecule has 20 heavy (non-hydrogen) atoms. The molecule has 0 amide bonds. The second-order valence-corrected chi connectivity index (χ2v) is 5.36. The van der Waals surface area contributed by atoms with Crippen LogP contribution in [0.1, 0.15) is 21.8 Å². The largest absolute Gasteiger partial charge is 0.292 e. The van der Waals surface area contributed by atoms with Crippen LogP contribution in [0.15, 0.2) is 46.9 Å². The molecule has 2 aromatic carbocycles. The Labute approximate surface area is 128 Å². The second kappa shape index (κ2) is 6.17. The Kier molecular flexibility index (Phi) is 4.53. The summed E-state index contributed by atoms with van der Waals surface area (Å²) in [6, 6.07) is 12.5. The summed E-state index contributed by atoms with van der Waals surface area (Å²) in [5, 5.41) is 9.50. The lowest BCUT2D eigenvalue weighted by Gasteiger charge is -2.11. The van der Waals surface area contributed by atoms with E-state index in [1.54, 1.807) is 24.3 Å². The van der Waals surface area contributed by atoms with Gasteiger partial charge in [-0.15, -0.1) is 0 Å². The van der Waals surface area contributed by atoms with Crippen molar-refractivity contribution in [2.75, 3.05) is 0 Å². The first-order valence-corrected chi connectivity index (χ1v) is 6.85. The van der Waals surface area contributed by atoms with E-state index in [0.29, 0.717) is 10.0 Å². The van der Waals surface area contributed by atoms with Crippen molar-refractivity contribution in [3.63, 3.8) is 0 Å². The molecule has 0 aliphatic rings. The fourth-order valence-electron chi connectivity index (χ4n) is 1.82. The summed E-state index contributed by atoms with van der Waals surface area (Å²) in [6.45, 7) is 0. The average molecular weight is 353 g/mol. The third kappa shape index (κ3) is 2.90. The van der Waals surface area contributed by atoms with Crippen molar-refractivity contribution in [3.05, 3.63) is 68.9 Å². The van der Waals surface area contributed by atoms with E-state index in [0.717, 1.165) is 6.07 Å². The monoisotopic (exact) mass is 351 g/mol. The van der Waals surface area contributed by atoms with E-state index < -0.39 is 17.5 Å². The van der Waals surface area contributed by atoms with E-state index in [9.17, 15) is 14.4 Å². The lowest BCUT2D eigenvalue weighted by molar-refractivity contribution is 0.0974. The number of hydrogen-bond donors (Lipinski definition) is 0. The Morgan fingerprint density at radius 2 is 2.00 bits per heavy atom. The fraction of sp³-hybridized carbons (Fsp3) is 0.0667. The molecular formula is C15H8BrClFNO. The van der Waals surface area contributed by atoms with Gasteiger partial charge in [-0.2, -0.15) is 5.26 Å². The number of nitriles is 1. The zero-order valence-corrected chi connectivity index (χ0v) is 12.5. The molecule has 100 valence electrons. The van der Waals surface area contributed by atoms with Crippen molar-refractivity contribution in [3.8, 4) is 6.07 Å². The van der Waals surface area contributed by atoms with Crippen LogP contribution in [-0.2, 0) is 0 Å². The highest BCUT2D eigenvalue weighted by atomic mass is 79.9. The summed E-state index contributed by atoms with van der Waals surface area (Å²) in [4.78, 5) is 12.4. The topological polar surface area (TPSA) is 40.9 Å². The van der Waals surface area contributed by atoms with Gasteiger partial charge in [-0.3, -0.25) is 4.79 Å². The number of carbonyl (C=O) groups is 1. The van der Waals surface area contributed by atoms with E-state index in [-0.39, 0.29) is 10.6 Å². The zero-order chi connectivity index (χ0) is 14.7. The fourth-order valence-corrected chi connectivity index (χ4v) is 2.51. The molecule has 0 radical (unpaired) electrons. The smallest absolute Gasteiger partial charge is 0.187 e. The highest BCUT2D eigenvalue weighted by Gasteiger charge is 2.26. The van der Waals surface area contributed by atoms with Crippen molar-refractivity contribution < 1.29 is 9.18 Å². The van der Waals surface area contributed by atoms with Crippen LogP contribution in [0, 0.1) is 17.1 Å². The van der Waals surface area contributed by atoms with Gasteiger partial charge < -0.3 is 0 Å². The van der Waals surface area contributed by atoms with E-state index in [1.807, 2.05) is 6.07 Å². The third-order valence-electron chi connectivity index (χ3n) is 2.80. The molecular weight excluding hydrogens is 345 g/mol. The third-order valence-corrected chi connectivity index (χ3v) is 3.76. The first-order chi connectivity index (χ1) is 9.54. The van der Waals surface area contributed by atoms with Gasteiger partial charge in [0, 0.05) is 9.50 Å². The molecule has 1 atom stereocenters. The molecule has 0 heterocycles. The van der Waals surface area contributed by atoms with Gasteiger partial charge in [-0.1, -0.05) is 45.7 Å². The maximum atomic E-state index is 13.7. The van der Waals surface area contributed by atoms with E-state index in [1.165, 1.54) is 12.1 Å². The van der Waals surface area contributed by atoms with Crippen LogP contribution in [0.3, 0.4) is 0 Å². The molecule has 0 aliphatic heterocycles. The van der Waals surface area contributed by atoms with Gasteiger partial charge in [-0.25, -0.2) is 4.39 Å². The second-order valence-electron chi connectivity index (χ2n) is 4.07. The Bertz CT molecular complexity index is 711. The summed E-state index contributed by atoms with van der Waals surface area (Å²) in [7, 11) is 0. The summed E-state index contributed by atoms with van der Waals surface area (Å²) >= 11 is 9.06. The van der Waals surface area contributed by atoms with Crippen LogP contribution >= 0.6 is 27.5 Å². The van der Waals surface area contributed by atoms with Gasteiger partial charge in [0.25, 0.3) is 0 Å². The number of Topliss-reactive ketones (excluding diaryl/α,β-unsaturated/α-hetero) is 1. The first kappa shape index (κ1) is 14.7. The van der Waals surface area contributed by atoms with Crippen molar-refractivity contribution in [1.82, 2.24) is 0 Å². The van der Waals surface area contributed by atoms with Gasteiger partial charge in [-0.05, 0) is 29.8 Å². The Balaban J connectivity index is 2.48. The summed E-state index contributed by atoms with van der Waals surface area (Å²) in [5.41, 5.74) is 0.319. The minimum absolute atomic E-state index is 0.181. The maximum absolute atomic E-state index is 13.7. The van der Waals surface area contributed by atoms with Gasteiger partial charge in [0.15, 0.2) is 5.78 Å². The summed E-state index contributed by atoms with van der Waals surface area (Å²) < 4.78 is 14.4. The minimum atomic E-state index is -1.08. The molecule has 1 unspecified atom stereocenters. The molecule has 0 aliphatic carbocycles. The predicted octanol–water partition coefficient (Wildman–Crippen LogP) is 4.73. The Hall–Kier alpha value is -1.70.